The Morgan fingerprint density at radius 3 is 2.70 bits per heavy atom. The maximum atomic E-state index is 9.13. The van der Waals surface area contributed by atoms with Crippen LogP contribution in [0.4, 0.5) is 0 Å². The Balaban J connectivity index is 2.44. The minimum absolute atomic E-state index is 0.594. The van der Waals surface area contributed by atoms with E-state index in [4.69, 9.17) is 9.84 Å². The third-order valence-electron chi connectivity index (χ3n) is 1.61. The van der Waals surface area contributed by atoms with Crippen LogP contribution in [0.5, 0.6) is 5.75 Å². The number of aliphatic hydroxyl groups excluding tert-OH is 1. The van der Waals surface area contributed by atoms with Crippen molar-refractivity contribution >= 4 is 0 Å². The van der Waals surface area contributed by atoms with Crippen molar-refractivity contribution in [3.8, 4) is 5.75 Å². The SMILES string of the molecule is OC1Cc2ccc(cc2)O1. The first-order valence-corrected chi connectivity index (χ1v) is 3.28. The molecule has 0 spiro atoms. The van der Waals surface area contributed by atoms with Crippen molar-refractivity contribution in [3.63, 3.8) is 0 Å². The maximum absolute atomic E-state index is 9.13. The van der Waals surface area contributed by atoms with E-state index in [2.05, 4.69) is 0 Å². The van der Waals surface area contributed by atoms with E-state index in [9.17, 15) is 0 Å². The molecule has 0 saturated carbocycles. The van der Waals surface area contributed by atoms with E-state index in [0.717, 1.165) is 11.3 Å². The van der Waals surface area contributed by atoms with Gasteiger partial charge in [-0.3, -0.25) is 0 Å². The van der Waals surface area contributed by atoms with Crippen LogP contribution in [0.3, 0.4) is 0 Å². The second-order valence-electron chi connectivity index (χ2n) is 2.42. The van der Waals surface area contributed by atoms with E-state index in [-0.39, 0.29) is 0 Å². The summed E-state index contributed by atoms with van der Waals surface area (Å²) >= 11 is 0. The Bertz CT molecular complexity index is 203. The average molecular weight is 136 g/mol. The van der Waals surface area contributed by atoms with Gasteiger partial charge in [-0.05, 0) is 17.7 Å². The number of aliphatic hydroxyl groups is 1. The molecule has 2 aliphatic heterocycles. The van der Waals surface area contributed by atoms with Crippen LogP contribution in [0.15, 0.2) is 24.3 Å². The summed E-state index contributed by atoms with van der Waals surface area (Å²) in [6, 6.07) is 7.66. The molecule has 1 unspecified atom stereocenters. The lowest BCUT2D eigenvalue weighted by molar-refractivity contribution is -0.0134. The first kappa shape index (κ1) is 5.74. The molecule has 3 rings (SSSR count). The molecule has 10 heavy (non-hydrogen) atoms. The topological polar surface area (TPSA) is 29.5 Å². The van der Waals surface area contributed by atoms with Crippen molar-refractivity contribution in [2.24, 2.45) is 0 Å². The third kappa shape index (κ3) is 0.866. The summed E-state index contributed by atoms with van der Waals surface area (Å²) in [5, 5.41) is 9.13. The van der Waals surface area contributed by atoms with Gasteiger partial charge >= 0.3 is 0 Å². The first-order chi connectivity index (χ1) is 4.84. The van der Waals surface area contributed by atoms with Crippen molar-refractivity contribution in [2.75, 3.05) is 0 Å². The Morgan fingerprint density at radius 1 is 1.30 bits per heavy atom. The van der Waals surface area contributed by atoms with Gasteiger partial charge in [-0.25, -0.2) is 0 Å². The number of hydrogen-bond acceptors (Lipinski definition) is 2. The minimum Gasteiger partial charge on any atom is -0.465 e. The zero-order valence-electron chi connectivity index (χ0n) is 5.45. The fraction of sp³-hybridized carbons (Fsp3) is 0.250. The monoisotopic (exact) mass is 136 g/mol. The number of benzene rings is 1. The molecule has 0 saturated heterocycles. The summed E-state index contributed by atoms with van der Waals surface area (Å²) in [7, 11) is 0. The van der Waals surface area contributed by atoms with Gasteiger partial charge in [0, 0.05) is 6.42 Å². The van der Waals surface area contributed by atoms with E-state index < -0.39 is 6.29 Å². The molecule has 2 bridgehead atoms. The predicted molar refractivity (Wildman–Crippen MR) is 36.8 cm³/mol. The lowest BCUT2D eigenvalue weighted by atomic mass is 10.2. The average Bonchev–Trinajstić information content (AvgIpc) is 2.17. The standard InChI is InChI=1S/C8H8O2/c9-8-5-6-1-3-7(10-8)4-2-6/h1-4,8-9H,5H2. The molecule has 2 aliphatic rings. The van der Waals surface area contributed by atoms with E-state index in [1.54, 1.807) is 0 Å². The van der Waals surface area contributed by atoms with Gasteiger partial charge < -0.3 is 9.84 Å². The Morgan fingerprint density at radius 2 is 2.00 bits per heavy atom. The van der Waals surface area contributed by atoms with Crippen LogP contribution >= 0.6 is 0 Å². The van der Waals surface area contributed by atoms with Gasteiger partial charge in [0.05, 0.1) is 0 Å². The summed E-state index contributed by atoms with van der Waals surface area (Å²) in [5.41, 5.74) is 1.12. The van der Waals surface area contributed by atoms with Crippen LogP contribution in [-0.4, -0.2) is 11.4 Å². The van der Waals surface area contributed by atoms with Crippen molar-refractivity contribution in [1.29, 1.82) is 0 Å². The molecule has 0 amide bonds. The number of fused-ring (bicyclic) bond motifs is 4. The molecule has 0 fully saturated rings. The van der Waals surface area contributed by atoms with Crippen molar-refractivity contribution < 1.29 is 9.84 Å². The molecule has 0 aliphatic carbocycles. The van der Waals surface area contributed by atoms with Gasteiger partial charge in [0.1, 0.15) is 5.75 Å². The number of rotatable bonds is 0. The van der Waals surface area contributed by atoms with Crippen LogP contribution in [0.25, 0.3) is 0 Å². The van der Waals surface area contributed by atoms with Crippen molar-refractivity contribution in [2.45, 2.75) is 12.7 Å². The summed E-state index contributed by atoms with van der Waals surface area (Å²) in [4.78, 5) is 0. The van der Waals surface area contributed by atoms with Crippen molar-refractivity contribution in [3.05, 3.63) is 29.8 Å². The summed E-state index contributed by atoms with van der Waals surface area (Å²) in [6.07, 6.45) is -0.0637. The molecule has 1 aromatic rings. The van der Waals surface area contributed by atoms with Crippen LogP contribution in [0.1, 0.15) is 5.56 Å². The van der Waals surface area contributed by atoms with E-state index >= 15 is 0 Å². The van der Waals surface area contributed by atoms with Gasteiger partial charge in [-0.2, -0.15) is 0 Å². The minimum atomic E-state index is -0.657. The largest absolute Gasteiger partial charge is 0.465 e. The maximum Gasteiger partial charge on any atom is 0.201 e. The fourth-order valence-corrected chi connectivity index (χ4v) is 1.10. The highest BCUT2D eigenvalue weighted by atomic mass is 16.6. The van der Waals surface area contributed by atoms with Gasteiger partial charge in [-0.15, -0.1) is 0 Å². The van der Waals surface area contributed by atoms with Gasteiger partial charge in [-0.1, -0.05) is 12.1 Å². The summed E-state index contributed by atoms with van der Waals surface area (Å²) in [6.45, 7) is 0. The van der Waals surface area contributed by atoms with Crippen molar-refractivity contribution in [1.82, 2.24) is 0 Å². The Kier molecular flexibility index (Phi) is 1.14. The molecule has 0 aromatic heterocycles. The second kappa shape index (κ2) is 1.99. The molecular weight excluding hydrogens is 128 g/mol. The quantitative estimate of drug-likeness (QED) is 0.575. The number of ether oxygens (including phenoxy) is 1. The van der Waals surface area contributed by atoms with Crippen LogP contribution < -0.4 is 4.74 Å². The predicted octanol–water partition coefficient (Wildman–Crippen LogP) is 0.940. The molecule has 2 heterocycles. The van der Waals surface area contributed by atoms with E-state index in [1.807, 2.05) is 24.3 Å². The molecule has 2 nitrogen and oxygen atoms in total. The van der Waals surface area contributed by atoms with Crippen LogP contribution in [-0.2, 0) is 6.42 Å². The molecule has 2 heteroatoms. The molecule has 1 aromatic carbocycles. The van der Waals surface area contributed by atoms with Gasteiger partial charge in [0.25, 0.3) is 0 Å². The zero-order valence-corrected chi connectivity index (χ0v) is 5.45. The molecular formula is C8H8O2. The van der Waals surface area contributed by atoms with Crippen LogP contribution in [0, 0.1) is 0 Å². The lowest BCUT2D eigenvalue weighted by Crippen LogP contribution is -2.15. The zero-order chi connectivity index (χ0) is 6.97. The third-order valence-corrected chi connectivity index (χ3v) is 1.61. The highest BCUT2D eigenvalue weighted by Gasteiger charge is 2.11. The van der Waals surface area contributed by atoms with Crippen LogP contribution in [0.2, 0.25) is 0 Å². The highest BCUT2D eigenvalue weighted by Crippen LogP contribution is 2.19. The first-order valence-electron chi connectivity index (χ1n) is 3.28. The normalized spacial score (nSPS) is 21.9. The molecule has 1 atom stereocenters. The molecule has 1 N–H and O–H groups in total. The Labute approximate surface area is 59.1 Å². The Hall–Kier alpha value is -1.02. The van der Waals surface area contributed by atoms with Gasteiger partial charge in [0.15, 0.2) is 0 Å². The number of hydrogen-bond donors (Lipinski definition) is 1. The summed E-state index contributed by atoms with van der Waals surface area (Å²) in [5.74, 6) is 0.744. The molecule has 0 radical (unpaired) electrons. The van der Waals surface area contributed by atoms with E-state index in [1.165, 1.54) is 0 Å². The summed E-state index contributed by atoms with van der Waals surface area (Å²) < 4.78 is 5.08. The highest BCUT2D eigenvalue weighted by molar-refractivity contribution is 5.29. The fourth-order valence-electron chi connectivity index (χ4n) is 1.10. The van der Waals surface area contributed by atoms with E-state index in [0.29, 0.717) is 6.42 Å². The van der Waals surface area contributed by atoms with Gasteiger partial charge in [0.2, 0.25) is 6.29 Å². The smallest absolute Gasteiger partial charge is 0.201 e. The second-order valence-corrected chi connectivity index (χ2v) is 2.42. The molecule has 52 valence electrons. The lowest BCUT2D eigenvalue weighted by Gasteiger charge is -2.06.